The highest BCUT2D eigenvalue weighted by molar-refractivity contribution is 6.34. The van der Waals surface area contributed by atoms with Crippen molar-refractivity contribution in [1.29, 1.82) is 0 Å². The summed E-state index contributed by atoms with van der Waals surface area (Å²) in [6.07, 6.45) is 2.38. The minimum atomic E-state index is -0.191. The summed E-state index contributed by atoms with van der Waals surface area (Å²) in [5.74, 6) is 0.458. The second kappa shape index (κ2) is 5.56. The topological polar surface area (TPSA) is 52.7 Å². The van der Waals surface area contributed by atoms with Crippen molar-refractivity contribution in [2.24, 2.45) is 5.92 Å². The van der Waals surface area contributed by atoms with E-state index in [1.54, 1.807) is 29.0 Å². The summed E-state index contributed by atoms with van der Waals surface area (Å²) in [5.41, 5.74) is 1.26. The first-order valence-electron chi connectivity index (χ1n) is 7.13. The normalized spacial score (nSPS) is 18.3. The quantitative estimate of drug-likeness (QED) is 0.926. The summed E-state index contributed by atoms with van der Waals surface area (Å²) in [6, 6.07) is 5.23. The molecule has 0 aromatic heterocycles. The fourth-order valence-electron chi connectivity index (χ4n) is 2.52. The van der Waals surface area contributed by atoms with Crippen molar-refractivity contribution in [3.63, 3.8) is 0 Å². The Morgan fingerprint density at radius 3 is 2.86 bits per heavy atom. The van der Waals surface area contributed by atoms with Gasteiger partial charge in [-0.05, 0) is 37.0 Å². The second-order valence-electron chi connectivity index (χ2n) is 5.65. The second-order valence-corrected chi connectivity index (χ2v) is 6.06. The minimum absolute atomic E-state index is 0.0242. The molecular formula is C15H18ClN3O2. The van der Waals surface area contributed by atoms with E-state index in [1.807, 2.05) is 6.07 Å². The van der Waals surface area contributed by atoms with E-state index in [0.717, 1.165) is 12.2 Å². The Kier molecular flexibility index (Phi) is 3.76. The molecule has 1 N–H and O–H groups in total. The predicted octanol–water partition coefficient (Wildman–Crippen LogP) is 2.03. The summed E-state index contributed by atoms with van der Waals surface area (Å²) >= 11 is 6.12. The molecule has 1 aliphatic carbocycles. The van der Waals surface area contributed by atoms with Crippen LogP contribution in [0.4, 0.5) is 5.69 Å². The molecule has 0 bridgehead atoms. The van der Waals surface area contributed by atoms with Crippen molar-refractivity contribution in [2.75, 3.05) is 32.1 Å². The predicted molar refractivity (Wildman–Crippen MR) is 81.3 cm³/mol. The van der Waals surface area contributed by atoms with E-state index in [-0.39, 0.29) is 18.4 Å². The van der Waals surface area contributed by atoms with Gasteiger partial charge in [0, 0.05) is 19.3 Å². The summed E-state index contributed by atoms with van der Waals surface area (Å²) in [6.45, 7) is 1.28. The van der Waals surface area contributed by atoms with Gasteiger partial charge in [-0.1, -0.05) is 11.6 Å². The zero-order valence-electron chi connectivity index (χ0n) is 11.9. The molecule has 2 amide bonds. The number of rotatable bonds is 4. The Balaban J connectivity index is 1.74. The molecule has 2 aliphatic rings. The first kappa shape index (κ1) is 14.2. The number of nitrogens with one attached hydrogen (secondary N) is 1. The molecule has 0 atom stereocenters. The number of benzene rings is 1. The van der Waals surface area contributed by atoms with Crippen LogP contribution < -0.4 is 5.32 Å². The molecule has 1 heterocycles. The number of carbonyl (C=O) groups is 2. The zero-order chi connectivity index (χ0) is 15.0. The first-order chi connectivity index (χ1) is 10.1. The molecule has 1 aromatic rings. The van der Waals surface area contributed by atoms with Crippen molar-refractivity contribution in [3.05, 3.63) is 28.8 Å². The van der Waals surface area contributed by atoms with Crippen LogP contribution in [0, 0.1) is 5.92 Å². The van der Waals surface area contributed by atoms with Gasteiger partial charge in [0.05, 0.1) is 17.3 Å². The van der Waals surface area contributed by atoms with Gasteiger partial charge >= 0.3 is 0 Å². The largest absolute Gasteiger partial charge is 0.388 e. The lowest BCUT2D eigenvalue weighted by Gasteiger charge is -2.18. The molecule has 1 aliphatic heterocycles. The smallest absolute Gasteiger partial charge is 0.257 e. The maximum absolute atomic E-state index is 12.6. The average molecular weight is 308 g/mol. The lowest BCUT2D eigenvalue weighted by atomic mass is 10.1. The average Bonchev–Trinajstić information content (AvgIpc) is 3.22. The minimum Gasteiger partial charge on any atom is -0.388 e. The number of amides is 2. The SMILES string of the molecule is CNc1ccc(Cl)c(C(=O)N2CC(=O)N(CC3CC3)C2)c1. The third-order valence-corrected chi connectivity index (χ3v) is 4.30. The third kappa shape index (κ3) is 2.97. The molecule has 3 rings (SSSR count). The fourth-order valence-corrected chi connectivity index (χ4v) is 2.72. The molecule has 6 heteroatoms. The van der Waals surface area contributed by atoms with Crippen molar-refractivity contribution < 1.29 is 9.59 Å². The van der Waals surface area contributed by atoms with Crippen molar-refractivity contribution in [1.82, 2.24) is 9.80 Å². The van der Waals surface area contributed by atoms with Crippen LogP contribution in [-0.4, -0.2) is 48.4 Å². The number of hydrogen-bond donors (Lipinski definition) is 1. The molecular weight excluding hydrogens is 290 g/mol. The van der Waals surface area contributed by atoms with Crippen molar-refractivity contribution in [3.8, 4) is 0 Å². The number of carbonyl (C=O) groups excluding carboxylic acids is 2. The molecule has 0 radical (unpaired) electrons. The molecule has 112 valence electrons. The van der Waals surface area contributed by atoms with Gasteiger partial charge in [0.2, 0.25) is 5.91 Å². The molecule has 0 spiro atoms. The molecule has 2 fully saturated rings. The zero-order valence-corrected chi connectivity index (χ0v) is 12.7. The van der Waals surface area contributed by atoms with E-state index in [9.17, 15) is 9.59 Å². The molecule has 1 saturated heterocycles. The highest BCUT2D eigenvalue weighted by Gasteiger charge is 2.35. The molecule has 5 nitrogen and oxygen atoms in total. The van der Waals surface area contributed by atoms with Gasteiger partial charge in [0.15, 0.2) is 0 Å². The van der Waals surface area contributed by atoms with Gasteiger partial charge < -0.3 is 15.1 Å². The van der Waals surface area contributed by atoms with Gasteiger partial charge in [-0.25, -0.2) is 0 Å². The van der Waals surface area contributed by atoms with Crippen LogP contribution in [-0.2, 0) is 4.79 Å². The number of nitrogens with zero attached hydrogens (tertiary/aromatic N) is 2. The van der Waals surface area contributed by atoms with Crippen molar-refractivity contribution >= 4 is 29.1 Å². The summed E-state index contributed by atoms with van der Waals surface area (Å²) in [5, 5.41) is 3.39. The summed E-state index contributed by atoms with van der Waals surface area (Å²) < 4.78 is 0. The van der Waals surface area contributed by atoms with Crippen LogP contribution >= 0.6 is 11.6 Å². The van der Waals surface area contributed by atoms with E-state index in [4.69, 9.17) is 11.6 Å². The van der Waals surface area contributed by atoms with E-state index in [1.165, 1.54) is 12.8 Å². The van der Waals surface area contributed by atoms with Gasteiger partial charge in [0.25, 0.3) is 5.91 Å². The van der Waals surface area contributed by atoms with E-state index in [0.29, 0.717) is 23.2 Å². The first-order valence-corrected chi connectivity index (χ1v) is 7.50. The summed E-state index contributed by atoms with van der Waals surface area (Å²) in [4.78, 5) is 27.9. The Labute approximate surface area is 128 Å². The fraction of sp³-hybridized carbons (Fsp3) is 0.467. The molecule has 1 saturated carbocycles. The Bertz CT molecular complexity index is 586. The highest BCUT2D eigenvalue weighted by Crippen LogP contribution is 2.31. The van der Waals surface area contributed by atoms with Crippen LogP contribution in [0.2, 0.25) is 5.02 Å². The Hall–Kier alpha value is -1.75. The van der Waals surface area contributed by atoms with Gasteiger partial charge in [-0.2, -0.15) is 0 Å². The van der Waals surface area contributed by atoms with E-state index in [2.05, 4.69) is 5.32 Å². The molecule has 0 unspecified atom stereocenters. The van der Waals surface area contributed by atoms with Crippen molar-refractivity contribution in [2.45, 2.75) is 12.8 Å². The number of anilines is 1. The van der Waals surface area contributed by atoms with Gasteiger partial charge in [0.1, 0.15) is 6.54 Å². The third-order valence-electron chi connectivity index (χ3n) is 3.97. The van der Waals surface area contributed by atoms with E-state index < -0.39 is 0 Å². The lowest BCUT2D eigenvalue weighted by molar-refractivity contribution is -0.126. The number of hydrogen-bond acceptors (Lipinski definition) is 3. The van der Waals surface area contributed by atoms with Gasteiger partial charge in [-0.3, -0.25) is 9.59 Å². The van der Waals surface area contributed by atoms with Crippen LogP contribution in [0.1, 0.15) is 23.2 Å². The van der Waals surface area contributed by atoms with Gasteiger partial charge in [-0.15, -0.1) is 0 Å². The molecule has 1 aromatic carbocycles. The van der Waals surface area contributed by atoms with Crippen LogP contribution in [0.3, 0.4) is 0 Å². The summed E-state index contributed by atoms with van der Waals surface area (Å²) in [7, 11) is 1.79. The standard InChI is InChI=1S/C15H18ClN3O2/c1-17-11-4-5-13(16)12(6-11)15(21)19-8-14(20)18(9-19)7-10-2-3-10/h4-6,10,17H,2-3,7-9H2,1H3. The number of halogens is 1. The molecule has 21 heavy (non-hydrogen) atoms. The Morgan fingerprint density at radius 1 is 1.43 bits per heavy atom. The lowest BCUT2D eigenvalue weighted by Crippen LogP contribution is -2.32. The van der Waals surface area contributed by atoms with Crippen LogP contribution in [0.5, 0.6) is 0 Å². The Morgan fingerprint density at radius 2 is 2.19 bits per heavy atom. The van der Waals surface area contributed by atoms with Crippen LogP contribution in [0.25, 0.3) is 0 Å². The highest BCUT2D eigenvalue weighted by atomic mass is 35.5. The monoisotopic (exact) mass is 307 g/mol. The maximum atomic E-state index is 12.6. The maximum Gasteiger partial charge on any atom is 0.257 e. The van der Waals surface area contributed by atoms with Crippen LogP contribution in [0.15, 0.2) is 18.2 Å². The van der Waals surface area contributed by atoms with E-state index >= 15 is 0 Å².